The van der Waals surface area contributed by atoms with E-state index in [4.69, 9.17) is 4.98 Å². The van der Waals surface area contributed by atoms with Crippen LogP contribution < -0.4 is 5.56 Å². The number of hydrogen-bond acceptors (Lipinski definition) is 2. The summed E-state index contributed by atoms with van der Waals surface area (Å²) in [7, 11) is 0. The van der Waals surface area contributed by atoms with Crippen molar-refractivity contribution >= 4 is 27.7 Å². The van der Waals surface area contributed by atoms with Gasteiger partial charge in [0.2, 0.25) is 5.78 Å². The quantitative estimate of drug-likeness (QED) is 0.280. The number of nitrogens with zero attached hydrogens (tertiary/aromatic N) is 3. The number of rotatable bonds is 3. The fraction of sp³-hybridized carbons (Fsp3) is 0. The Hall–Kier alpha value is -4.96. The summed E-state index contributed by atoms with van der Waals surface area (Å²) in [5.74, 6) is 0.603. The lowest BCUT2D eigenvalue weighted by Crippen LogP contribution is -2.21. The molecule has 4 heteroatoms. The zero-order chi connectivity index (χ0) is 24.1. The molecule has 0 aliphatic rings. The van der Waals surface area contributed by atoms with Gasteiger partial charge in [0.15, 0.2) is 0 Å². The number of aromatic nitrogens is 3. The van der Waals surface area contributed by atoms with Crippen molar-refractivity contribution in [3.63, 3.8) is 0 Å². The van der Waals surface area contributed by atoms with Crippen LogP contribution in [0.4, 0.5) is 0 Å². The zero-order valence-electron chi connectivity index (χ0n) is 19.4. The highest BCUT2D eigenvalue weighted by atomic mass is 16.1. The standard InChI is InChI=1S/C32H21N3O/c36-31-27-20-24(22-10-4-1-5-11-22)16-18-29(27)35-30-19-17-25(23-12-6-2-7-13-23)21-28(30)33-32(35)34(31)26-14-8-3-9-15-26/h1-21H. The summed E-state index contributed by atoms with van der Waals surface area (Å²) < 4.78 is 3.82. The molecule has 7 aromatic rings. The average molecular weight is 464 g/mol. The lowest BCUT2D eigenvalue weighted by atomic mass is 10.0. The molecule has 0 radical (unpaired) electrons. The molecule has 4 nitrogen and oxygen atoms in total. The molecule has 0 aliphatic carbocycles. The van der Waals surface area contributed by atoms with Gasteiger partial charge in [-0.2, -0.15) is 0 Å². The van der Waals surface area contributed by atoms with E-state index in [1.165, 1.54) is 0 Å². The molecule has 0 unspecified atom stereocenters. The summed E-state index contributed by atoms with van der Waals surface area (Å²) in [6.07, 6.45) is 0. The van der Waals surface area contributed by atoms with Gasteiger partial charge in [0.1, 0.15) is 0 Å². The van der Waals surface area contributed by atoms with Crippen LogP contribution in [0.2, 0.25) is 0 Å². The Morgan fingerprint density at radius 2 is 1.08 bits per heavy atom. The van der Waals surface area contributed by atoms with E-state index < -0.39 is 0 Å². The Kier molecular flexibility index (Phi) is 4.57. The van der Waals surface area contributed by atoms with Gasteiger partial charge >= 0.3 is 0 Å². The number of imidazole rings is 1. The molecule has 0 amide bonds. The molecule has 2 aromatic heterocycles. The number of hydrogen-bond donors (Lipinski definition) is 0. The molecule has 0 fully saturated rings. The molecule has 2 heterocycles. The normalized spacial score (nSPS) is 11.4. The SMILES string of the molecule is O=c1c2cc(-c3ccccc3)ccc2n2c3ccc(-c4ccccc4)cc3nc2n1-c1ccccc1. The van der Waals surface area contributed by atoms with Crippen LogP contribution in [-0.2, 0) is 0 Å². The molecular weight excluding hydrogens is 442 g/mol. The maximum Gasteiger partial charge on any atom is 0.267 e. The van der Waals surface area contributed by atoms with Crippen LogP contribution in [0.25, 0.3) is 55.7 Å². The second-order valence-corrected chi connectivity index (χ2v) is 8.89. The van der Waals surface area contributed by atoms with E-state index in [1.54, 1.807) is 4.57 Å². The van der Waals surface area contributed by atoms with Gasteiger partial charge in [0.05, 0.1) is 27.6 Å². The van der Waals surface area contributed by atoms with Crippen molar-refractivity contribution in [3.8, 4) is 27.9 Å². The zero-order valence-corrected chi connectivity index (χ0v) is 19.4. The van der Waals surface area contributed by atoms with Crippen LogP contribution in [0.15, 0.2) is 132 Å². The second-order valence-electron chi connectivity index (χ2n) is 8.89. The average Bonchev–Trinajstić information content (AvgIpc) is 3.33. The van der Waals surface area contributed by atoms with Crippen molar-refractivity contribution in [2.24, 2.45) is 0 Å². The lowest BCUT2D eigenvalue weighted by Gasteiger charge is -2.12. The second kappa shape index (κ2) is 8.07. The maximum atomic E-state index is 14.0. The summed E-state index contributed by atoms with van der Waals surface area (Å²) >= 11 is 0. The fourth-order valence-corrected chi connectivity index (χ4v) is 5.00. The summed E-state index contributed by atoms with van der Waals surface area (Å²) in [5, 5.41) is 0.652. The van der Waals surface area contributed by atoms with Crippen molar-refractivity contribution in [1.82, 2.24) is 14.0 Å². The molecule has 7 rings (SSSR count). The molecular formula is C32H21N3O. The van der Waals surface area contributed by atoms with Crippen molar-refractivity contribution in [2.45, 2.75) is 0 Å². The molecule has 0 spiro atoms. The Balaban J connectivity index is 1.59. The third kappa shape index (κ3) is 3.16. The van der Waals surface area contributed by atoms with Crippen LogP contribution in [0.5, 0.6) is 0 Å². The molecule has 0 aliphatic heterocycles. The monoisotopic (exact) mass is 463 g/mol. The van der Waals surface area contributed by atoms with Gasteiger partial charge in [0.25, 0.3) is 5.56 Å². The Morgan fingerprint density at radius 1 is 0.528 bits per heavy atom. The lowest BCUT2D eigenvalue weighted by molar-refractivity contribution is 0.983. The van der Waals surface area contributed by atoms with Gasteiger partial charge < -0.3 is 0 Å². The summed E-state index contributed by atoms with van der Waals surface area (Å²) in [6, 6.07) is 42.6. The molecule has 0 bridgehead atoms. The predicted octanol–water partition coefficient (Wildman–Crippen LogP) is 7.13. The topological polar surface area (TPSA) is 39.3 Å². The van der Waals surface area contributed by atoms with Crippen molar-refractivity contribution in [1.29, 1.82) is 0 Å². The molecule has 0 saturated carbocycles. The van der Waals surface area contributed by atoms with E-state index in [0.717, 1.165) is 44.5 Å². The van der Waals surface area contributed by atoms with E-state index in [0.29, 0.717) is 11.2 Å². The van der Waals surface area contributed by atoms with Crippen molar-refractivity contribution < 1.29 is 0 Å². The van der Waals surface area contributed by atoms with E-state index in [1.807, 2.05) is 78.9 Å². The summed E-state index contributed by atoms with van der Waals surface area (Å²) in [5.41, 5.74) is 7.68. The van der Waals surface area contributed by atoms with Gasteiger partial charge in [-0.3, -0.25) is 9.20 Å². The number of fused-ring (bicyclic) bond motifs is 5. The Bertz CT molecular complexity index is 1940. The van der Waals surface area contributed by atoms with Crippen LogP contribution in [0.3, 0.4) is 0 Å². The van der Waals surface area contributed by atoms with Crippen LogP contribution in [-0.4, -0.2) is 14.0 Å². The summed E-state index contributed by atoms with van der Waals surface area (Å²) in [6.45, 7) is 0. The smallest absolute Gasteiger partial charge is 0.267 e. The van der Waals surface area contributed by atoms with E-state index in [9.17, 15) is 4.79 Å². The first-order valence-corrected chi connectivity index (χ1v) is 12.0. The summed E-state index contributed by atoms with van der Waals surface area (Å²) in [4.78, 5) is 19.0. The molecule has 5 aromatic carbocycles. The highest BCUT2D eigenvalue weighted by Gasteiger charge is 2.18. The van der Waals surface area contributed by atoms with E-state index in [-0.39, 0.29) is 5.56 Å². The molecule has 36 heavy (non-hydrogen) atoms. The fourth-order valence-electron chi connectivity index (χ4n) is 5.00. The van der Waals surface area contributed by atoms with Gasteiger partial charge in [0, 0.05) is 0 Å². The van der Waals surface area contributed by atoms with E-state index >= 15 is 0 Å². The molecule has 0 N–H and O–H groups in total. The Morgan fingerprint density at radius 3 is 1.72 bits per heavy atom. The largest absolute Gasteiger partial charge is 0.277 e. The van der Waals surface area contributed by atoms with Gasteiger partial charge in [-0.05, 0) is 58.7 Å². The minimum atomic E-state index is -0.0833. The first-order chi connectivity index (χ1) is 17.8. The highest BCUT2D eigenvalue weighted by Crippen LogP contribution is 2.29. The van der Waals surface area contributed by atoms with Gasteiger partial charge in [-0.15, -0.1) is 0 Å². The van der Waals surface area contributed by atoms with Crippen LogP contribution in [0.1, 0.15) is 0 Å². The first kappa shape index (κ1) is 20.4. The van der Waals surface area contributed by atoms with Crippen LogP contribution >= 0.6 is 0 Å². The molecule has 0 atom stereocenters. The number of para-hydroxylation sites is 1. The van der Waals surface area contributed by atoms with Gasteiger partial charge in [-0.1, -0.05) is 91.0 Å². The van der Waals surface area contributed by atoms with E-state index in [2.05, 4.69) is 52.9 Å². The van der Waals surface area contributed by atoms with Gasteiger partial charge in [-0.25, -0.2) is 9.55 Å². The first-order valence-electron chi connectivity index (χ1n) is 12.0. The Labute approximate surface area is 207 Å². The predicted molar refractivity (Wildman–Crippen MR) is 147 cm³/mol. The van der Waals surface area contributed by atoms with Crippen molar-refractivity contribution in [2.75, 3.05) is 0 Å². The third-order valence-corrected chi connectivity index (χ3v) is 6.74. The minimum absolute atomic E-state index is 0.0833. The van der Waals surface area contributed by atoms with Crippen molar-refractivity contribution in [3.05, 3.63) is 138 Å². The maximum absolute atomic E-state index is 14.0. The van der Waals surface area contributed by atoms with Crippen LogP contribution in [0, 0.1) is 0 Å². The minimum Gasteiger partial charge on any atom is -0.277 e. The number of benzene rings is 5. The third-order valence-electron chi connectivity index (χ3n) is 6.74. The molecule has 0 saturated heterocycles. The highest BCUT2D eigenvalue weighted by molar-refractivity contribution is 5.93. The molecule has 170 valence electrons.